The van der Waals surface area contributed by atoms with Gasteiger partial charge in [0.15, 0.2) is 11.7 Å². The molecule has 0 bridgehead atoms. The summed E-state index contributed by atoms with van der Waals surface area (Å²) in [6, 6.07) is 15.9. The van der Waals surface area contributed by atoms with E-state index in [4.69, 9.17) is 18.1 Å². The van der Waals surface area contributed by atoms with Crippen molar-refractivity contribution in [3.8, 4) is 6.07 Å². The van der Waals surface area contributed by atoms with Gasteiger partial charge in [-0.05, 0) is 112 Å². The molecule has 0 fully saturated rings. The molecule has 2 heterocycles. The number of nitrogens with zero attached hydrogens (tertiary/aromatic N) is 9. The minimum Gasteiger partial charge on any atom is -0.744 e. The molecule has 0 unspecified atom stereocenters. The van der Waals surface area contributed by atoms with Crippen LogP contribution in [0.5, 0.6) is 0 Å². The minimum atomic E-state index is -4.94. The van der Waals surface area contributed by atoms with Crippen LogP contribution in [0.2, 0.25) is 0 Å². The standard InChI is InChI=1S/C39H34N10O6S3.2Na/c1-20-16-23(4)34(57(50,51)52)25(6)31(20)43-29-19-27(18-21(2)32(29)46-47-38-45-36(41-8)37(42-9)48(38)15-14-40)49(39-44-28-12-10-11-13-30(28)56-39)33-22(3)17-24(5)35(26(33)7)58(53,54)55;;/h10-13,16-19,43H,15H2,1-7H3,(H,50,51,52)(H,53,54,55);;/q;2*+1/p-2. The molecule has 0 spiro atoms. The molecule has 21 heteroatoms. The van der Waals surface area contributed by atoms with Crippen LogP contribution in [-0.2, 0) is 26.8 Å². The predicted octanol–water partition coefficient (Wildman–Crippen LogP) is 3.72. The molecule has 16 nitrogen and oxygen atoms in total. The van der Waals surface area contributed by atoms with Gasteiger partial charge in [-0.25, -0.2) is 26.4 Å². The molecule has 0 aliphatic rings. The first kappa shape index (κ1) is 48.1. The third-order valence-electron chi connectivity index (χ3n) is 9.35. The van der Waals surface area contributed by atoms with Crippen molar-refractivity contribution >= 4 is 92.9 Å². The number of hydrogen-bond acceptors (Lipinski definition) is 14. The monoisotopic (exact) mass is 878 g/mol. The van der Waals surface area contributed by atoms with Gasteiger partial charge in [0.25, 0.3) is 11.6 Å². The fourth-order valence-electron chi connectivity index (χ4n) is 7.17. The summed E-state index contributed by atoms with van der Waals surface area (Å²) in [4.78, 5) is 16.6. The Labute approximate surface area is 395 Å². The van der Waals surface area contributed by atoms with Crippen LogP contribution in [0.15, 0.2) is 68.6 Å². The van der Waals surface area contributed by atoms with Crippen molar-refractivity contribution < 1.29 is 85.1 Å². The summed E-state index contributed by atoms with van der Waals surface area (Å²) >= 11 is 1.32. The summed E-state index contributed by atoms with van der Waals surface area (Å²) in [5.74, 6) is -0.650. The largest absolute Gasteiger partial charge is 1.00 e. The molecule has 4 aromatic carbocycles. The van der Waals surface area contributed by atoms with E-state index in [1.807, 2.05) is 30.3 Å². The summed E-state index contributed by atoms with van der Waals surface area (Å²) in [5.41, 5.74) is 4.67. The Hall–Kier alpha value is -4.53. The normalized spacial score (nSPS) is 11.4. The first-order chi connectivity index (χ1) is 27.3. The van der Waals surface area contributed by atoms with Crippen LogP contribution in [0.3, 0.4) is 0 Å². The van der Waals surface area contributed by atoms with E-state index in [0.29, 0.717) is 38.7 Å². The fourth-order valence-corrected chi connectivity index (χ4v) is 10.0. The van der Waals surface area contributed by atoms with Crippen molar-refractivity contribution in [3.05, 3.63) is 110 Å². The van der Waals surface area contributed by atoms with Gasteiger partial charge in [0.05, 0.1) is 37.1 Å². The maximum atomic E-state index is 12.7. The average Bonchev–Trinajstić information content (AvgIpc) is 3.70. The second kappa shape index (κ2) is 18.6. The van der Waals surface area contributed by atoms with Gasteiger partial charge < -0.3 is 24.1 Å². The first-order valence-corrected chi connectivity index (χ1v) is 20.8. The van der Waals surface area contributed by atoms with Crippen molar-refractivity contribution in [2.45, 2.75) is 64.8 Å². The number of aryl methyl sites for hydroxylation is 5. The van der Waals surface area contributed by atoms with Crippen LogP contribution >= 0.6 is 11.3 Å². The zero-order chi connectivity index (χ0) is 42.4. The Kier molecular flexibility index (Phi) is 14.9. The zero-order valence-corrected chi connectivity index (χ0v) is 40.5. The van der Waals surface area contributed by atoms with Gasteiger partial charge in [0.1, 0.15) is 32.0 Å². The van der Waals surface area contributed by atoms with Crippen LogP contribution < -0.4 is 69.3 Å². The second-order valence-corrected chi connectivity index (χ2v) is 17.0. The van der Waals surface area contributed by atoms with Gasteiger partial charge in [-0.2, -0.15) is 5.26 Å². The van der Waals surface area contributed by atoms with Gasteiger partial charge in [-0.1, -0.05) is 58.8 Å². The number of fused-ring (bicyclic) bond motifs is 1. The average molecular weight is 879 g/mol. The molecule has 6 aromatic rings. The third kappa shape index (κ3) is 9.20. The smallest absolute Gasteiger partial charge is 0.744 e. The predicted molar refractivity (Wildman–Crippen MR) is 218 cm³/mol. The maximum Gasteiger partial charge on any atom is 1.00 e. The van der Waals surface area contributed by atoms with Crippen molar-refractivity contribution in [1.29, 1.82) is 5.26 Å². The number of benzene rings is 4. The molecule has 2 aromatic heterocycles. The molecule has 0 aliphatic heterocycles. The van der Waals surface area contributed by atoms with Crippen LogP contribution in [0.25, 0.3) is 19.9 Å². The third-order valence-corrected chi connectivity index (χ3v) is 12.6. The summed E-state index contributed by atoms with van der Waals surface area (Å²) < 4.78 is 77.5. The van der Waals surface area contributed by atoms with Gasteiger partial charge in [-0.3, -0.25) is 4.90 Å². The van der Waals surface area contributed by atoms with E-state index < -0.39 is 25.1 Å². The Morgan fingerprint density at radius 2 is 1.45 bits per heavy atom. The Morgan fingerprint density at radius 1 is 0.833 bits per heavy atom. The van der Waals surface area contributed by atoms with Gasteiger partial charge in [0.2, 0.25) is 0 Å². The van der Waals surface area contributed by atoms with E-state index in [-0.39, 0.29) is 127 Å². The van der Waals surface area contributed by atoms with Crippen LogP contribution in [0.1, 0.15) is 38.9 Å². The topological polar surface area (TPSA) is 218 Å². The number of thiazole rings is 1. The van der Waals surface area contributed by atoms with Gasteiger partial charge in [-0.15, -0.1) is 5.11 Å². The molecule has 0 radical (unpaired) electrons. The molecule has 0 saturated carbocycles. The summed E-state index contributed by atoms with van der Waals surface area (Å²) in [5, 5.41) is 21.9. The minimum absolute atomic E-state index is 0. The van der Waals surface area contributed by atoms with Crippen LogP contribution in [0.4, 0.5) is 51.2 Å². The van der Waals surface area contributed by atoms with Crippen molar-refractivity contribution in [2.24, 2.45) is 10.2 Å². The molecule has 0 atom stereocenters. The number of nitrogens with one attached hydrogen (secondary N) is 1. The zero-order valence-electron chi connectivity index (χ0n) is 34.0. The SMILES string of the molecule is [C-]#[N+]c1nc(N=Nc2c(C)cc(N(c3nc4ccccc4s3)c3c(C)cc(C)c(S(=O)(=O)[O-])c3C)cc2Nc2c(C)cc(C)c(S(=O)(=O)[O-])c2C)n(CC#N)c1[N+]#[C-].[Na+].[Na+]. The quantitative estimate of drug-likeness (QED) is 0.0905. The van der Waals surface area contributed by atoms with Gasteiger partial charge >= 0.3 is 65.1 Å². The molecule has 0 saturated heterocycles. The van der Waals surface area contributed by atoms with E-state index in [1.165, 1.54) is 25.2 Å². The molecular formula is C39H32N10Na2O6S3. The number of azo groups is 1. The van der Waals surface area contributed by atoms with Crippen LogP contribution in [0, 0.1) is 72.9 Å². The maximum absolute atomic E-state index is 12.7. The number of hydrogen-bond donors (Lipinski definition) is 1. The molecule has 6 rings (SSSR count). The summed E-state index contributed by atoms with van der Waals surface area (Å²) in [6.07, 6.45) is 0. The molecule has 294 valence electrons. The van der Waals surface area contributed by atoms with E-state index >= 15 is 0 Å². The van der Waals surface area contributed by atoms with E-state index in [9.17, 15) is 31.2 Å². The number of nitriles is 1. The molecular weight excluding hydrogens is 847 g/mol. The molecule has 1 N–H and O–H groups in total. The van der Waals surface area contributed by atoms with Crippen molar-refractivity contribution in [3.63, 3.8) is 0 Å². The fraction of sp³-hybridized carbons (Fsp3) is 0.205. The number of imidazole rings is 1. The molecule has 0 aliphatic carbocycles. The Bertz CT molecular complexity index is 3070. The molecule has 0 amide bonds. The Morgan fingerprint density at radius 3 is 2.03 bits per heavy atom. The van der Waals surface area contributed by atoms with E-state index in [1.54, 1.807) is 63.8 Å². The number of anilines is 5. The first-order valence-electron chi connectivity index (χ1n) is 17.2. The number of para-hydroxylation sites is 1. The molecule has 60 heavy (non-hydrogen) atoms. The van der Waals surface area contributed by atoms with E-state index in [0.717, 1.165) is 9.27 Å². The van der Waals surface area contributed by atoms with Gasteiger partial charge in [0, 0.05) is 5.69 Å². The van der Waals surface area contributed by atoms with E-state index in [2.05, 4.69) is 30.2 Å². The van der Waals surface area contributed by atoms with Crippen molar-refractivity contribution in [1.82, 2.24) is 14.5 Å². The Balaban J connectivity index is 0.00000397. The number of rotatable bonds is 10. The second-order valence-electron chi connectivity index (χ2n) is 13.4. The summed E-state index contributed by atoms with van der Waals surface area (Å²) in [7, 11) is -9.86. The number of aromatic nitrogens is 3. The van der Waals surface area contributed by atoms with Crippen LogP contribution in [-0.4, -0.2) is 40.5 Å². The van der Waals surface area contributed by atoms with Crippen molar-refractivity contribution in [2.75, 3.05) is 10.2 Å². The summed E-state index contributed by atoms with van der Waals surface area (Å²) in [6.45, 7) is 26.0.